The zero-order valence-electron chi connectivity index (χ0n) is 11.5. The van der Waals surface area contributed by atoms with E-state index < -0.39 is 0 Å². The maximum Gasteiger partial charge on any atom is 0.0335 e. The van der Waals surface area contributed by atoms with E-state index in [1.807, 2.05) is 0 Å². The largest absolute Gasteiger partial charge is 0.330 e. The Hall–Kier alpha value is -0.860. The van der Waals surface area contributed by atoms with Crippen molar-refractivity contribution in [2.24, 2.45) is 17.4 Å². The molecule has 0 aromatic heterocycles. The van der Waals surface area contributed by atoms with Crippen molar-refractivity contribution in [3.63, 3.8) is 0 Å². The molecule has 0 aliphatic carbocycles. The molecule has 1 aromatic carbocycles. The van der Waals surface area contributed by atoms with E-state index in [4.69, 9.17) is 11.5 Å². The lowest BCUT2D eigenvalue weighted by molar-refractivity contribution is 0.428. The highest BCUT2D eigenvalue weighted by Gasteiger charge is 2.18. The minimum Gasteiger partial charge on any atom is -0.330 e. The predicted molar refractivity (Wildman–Crippen MR) is 74.9 cm³/mol. The fourth-order valence-electron chi connectivity index (χ4n) is 2.04. The number of hydrogen-bond acceptors (Lipinski definition) is 2. The first-order valence-corrected chi connectivity index (χ1v) is 6.46. The van der Waals surface area contributed by atoms with Crippen LogP contribution in [0.5, 0.6) is 0 Å². The van der Waals surface area contributed by atoms with Crippen molar-refractivity contribution in [1.82, 2.24) is 0 Å². The standard InChI is InChI=1S/C15H26N2/c1-5-11(10-16)14(17)12-6-8-13(9-7-12)15(2,3)4/h6-9,11,14H,5,10,16-17H2,1-4H3. The highest BCUT2D eigenvalue weighted by molar-refractivity contribution is 5.29. The number of nitrogens with two attached hydrogens (primary N) is 2. The lowest BCUT2D eigenvalue weighted by atomic mass is 9.85. The van der Waals surface area contributed by atoms with E-state index in [1.54, 1.807) is 0 Å². The summed E-state index contributed by atoms with van der Waals surface area (Å²) in [5.74, 6) is 0.371. The van der Waals surface area contributed by atoms with Gasteiger partial charge in [-0.3, -0.25) is 0 Å². The van der Waals surface area contributed by atoms with Crippen LogP contribution >= 0.6 is 0 Å². The minimum absolute atomic E-state index is 0.0546. The first-order valence-electron chi connectivity index (χ1n) is 6.46. The second kappa shape index (κ2) is 5.65. The van der Waals surface area contributed by atoms with Crippen LogP contribution in [0.2, 0.25) is 0 Å². The molecule has 2 nitrogen and oxygen atoms in total. The summed E-state index contributed by atoms with van der Waals surface area (Å²) in [6, 6.07) is 8.70. The lowest BCUT2D eigenvalue weighted by Crippen LogP contribution is -2.27. The van der Waals surface area contributed by atoms with Crippen molar-refractivity contribution in [3.8, 4) is 0 Å². The highest BCUT2D eigenvalue weighted by atomic mass is 14.7. The molecule has 0 amide bonds. The Labute approximate surface area is 105 Å². The summed E-state index contributed by atoms with van der Waals surface area (Å²) in [4.78, 5) is 0. The van der Waals surface area contributed by atoms with E-state index in [-0.39, 0.29) is 11.5 Å². The zero-order valence-corrected chi connectivity index (χ0v) is 11.5. The van der Waals surface area contributed by atoms with Crippen molar-refractivity contribution in [2.75, 3.05) is 6.54 Å². The second-order valence-corrected chi connectivity index (χ2v) is 5.80. The Kier molecular flexibility index (Phi) is 4.72. The van der Waals surface area contributed by atoms with Gasteiger partial charge in [0.05, 0.1) is 0 Å². The molecular weight excluding hydrogens is 208 g/mol. The van der Waals surface area contributed by atoms with Gasteiger partial charge in [-0.2, -0.15) is 0 Å². The Bertz CT molecular complexity index is 331. The van der Waals surface area contributed by atoms with Crippen molar-refractivity contribution in [1.29, 1.82) is 0 Å². The Morgan fingerprint density at radius 3 is 2.00 bits per heavy atom. The van der Waals surface area contributed by atoms with Crippen LogP contribution in [0.25, 0.3) is 0 Å². The molecule has 0 aliphatic rings. The van der Waals surface area contributed by atoms with Gasteiger partial charge >= 0.3 is 0 Å². The van der Waals surface area contributed by atoms with Crippen molar-refractivity contribution < 1.29 is 0 Å². The molecule has 0 saturated heterocycles. The third-order valence-electron chi connectivity index (χ3n) is 3.50. The summed E-state index contributed by atoms with van der Waals surface area (Å²) in [7, 11) is 0. The van der Waals surface area contributed by atoms with Crippen LogP contribution in [-0.4, -0.2) is 6.54 Å². The molecule has 0 bridgehead atoms. The molecule has 1 rings (SSSR count). The van der Waals surface area contributed by atoms with Crippen LogP contribution in [0, 0.1) is 5.92 Å². The molecule has 2 heteroatoms. The van der Waals surface area contributed by atoms with E-state index >= 15 is 0 Å². The quantitative estimate of drug-likeness (QED) is 0.841. The monoisotopic (exact) mass is 234 g/mol. The van der Waals surface area contributed by atoms with E-state index in [0.29, 0.717) is 12.5 Å². The molecule has 1 aromatic rings. The van der Waals surface area contributed by atoms with Gasteiger partial charge in [0.2, 0.25) is 0 Å². The molecule has 2 unspecified atom stereocenters. The van der Waals surface area contributed by atoms with E-state index in [0.717, 1.165) is 6.42 Å². The summed E-state index contributed by atoms with van der Waals surface area (Å²) < 4.78 is 0. The second-order valence-electron chi connectivity index (χ2n) is 5.80. The molecule has 0 radical (unpaired) electrons. The summed E-state index contributed by atoms with van der Waals surface area (Å²) in [5.41, 5.74) is 14.7. The van der Waals surface area contributed by atoms with E-state index in [2.05, 4.69) is 52.0 Å². The van der Waals surface area contributed by atoms with Crippen LogP contribution < -0.4 is 11.5 Å². The summed E-state index contributed by atoms with van der Waals surface area (Å²) in [6.45, 7) is 9.45. The van der Waals surface area contributed by atoms with Crippen LogP contribution in [0.15, 0.2) is 24.3 Å². The topological polar surface area (TPSA) is 52.0 Å². The third-order valence-corrected chi connectivity index (χ3v) is 3.50. The zero-order chi connectivity index (χ0) is 13.1. The van der Waals surface area contributed by atoms with Gasteiger partial charge in [0, 0.05) is 6.04 Å². The molecule has 96 valence electrons. The molecule has 4 N–H and O–H groups in total. The van der Waals surface area contributed by atoms with Gasteiger partial charge < -0.3 is 11.5 Å². The van der Waals surface area contributed by atoms with Crippen molar-refractivity contribution >= 4 is 0 Å². The molecule has 0 fully saturated rings. The van der Waals surface area contributed by atoms with Gasteiger partial charge in [0.15, 0.2) is 0 Å². The fourth-order valence-corrected chi connectivity index (χ4v) is 2.04. The SMILES string of the molecule is CCC(CN)C(N)c1ccc(C(C)(C)C)cc1. The van der Waals surface area contributed by atoms with Crippen LogP contribution in [0.3, 0.4) is 0 Å². The average molecular weight is 234 g/mol. The highest BCUT2D eigenvalue weighted by Crippen LogP contribution is 2.26. The van der Waals surface area contributed by atoms with E-state index in [9.17, 15) is 0 Å². The third kappa shape index (κ3) is 3.55. The van der Waals surface area contributed by atoms with Gasteiger partial charge in [-0.1, -0.05) is 58.4 Å². The Balaban J connectivity index is 2.87. The van der Waals surface area contributed by atoms with Gasteiger partial charge in [-0.05, 0) is 29.0 Å². The van der Waals surface area contributed by atoms with Gasteiger partial charge in [-0.15, -0.1) is 0 Å². The molecule has 2 atom stereocenters. The molecule has 0 heterocycles. The molecule has 0 saturated carbocycles. The van der Waals surface area contributed by atoms with Crippen molar-refractivity contribution in [2.45, 2.75) is 45.6 Å². The van der Waals surface area contributed by atoms with Crippen LogP contribution in [0.4, 0.5) is 0 Å². The van der Waals surface area contributed by atoms with E-state index in [1.165, 1.54) is 11.1 Å². The molecule has 0 spiro atoms. The van der Waals surface area contributed by atoms with Gasteiger partial charge in [-0.25, -0.2) is 0 Å². The Morgan fingerprint density at radius 1 is 1.12 bits per heavy atom. The normalized spacial score (nSPS) is 15.6. The first-order chi connectivity index (χ1) is 7.90. The Morgan fingerprint density at radius 2 is 1.65 bits per heavy atom. The summed E-state index contributed by atoms with van der Waals surface area (Å²) in [6.07, 6.45) is 1.03. The van der Waals surface area contributed by atoms with Gasteiger partial charge in [0.1, 0.15) is 0 Å². The average Bonchev–Trinajstić information content (AvgIpc) is 2.29. The molecule has 17 heavy (non-hydrogen) atoms. The predicted octanol–water partition coefficient (Wildman–Crippen LogP) is 2.97. The van der Waals surface area contributed by atoms with Gasteiger partial charge in [0.25, 0.3) is 0 Å². The maximum absolute atomic E-state index is 6.24. The molecular formula is C15H26N2. The van der Waals surface area contributed by atoms with Crippen LogP contribution in [-0.2, 0) is 5.41 Å². The molecule has 0 aliphatic heterocycles. The summed E-state index contributed by atoms with van der Waals surface area (Å²) in [5, 5.41) is 0. The lowest BCUT2D eigenvalue weighted by Gasteiger charge is -2.23. The van der Waals surface area contributed by atoms with Crippen LogP contribution in [0.1, 0.15) is 51.3 Å². The number of benzene rings is 1. The van der Waals surface area contributed by atoms with Crippen molar-refractivity contribution in [3.05, 3.63) is 35.4 Å². The number of rotatable bonds is 4. The first kappa shape index (κ1) is 14.2. The number of hydrogen-bond donors (Lipinski definition) is 2. The summed E-state index contributed by atoms with van der Waals surface area (Å²) >= 11 is 0. The maximum atomic E-state index is 6.24. The smallest absolute Gasteiger partial charge is 0.0335 e. The minimum atomic E-state index is 0.0546. The fraction of sp³-hybridized carbons (Fsp3) is 0.600.